The van der Waals surface area contributed by atoms with Gasteiger partial charge in [0.2, 0.25) is 0 Å². The molecule has 0 N–H and O–H groups in total. The molecule has 0 unspecified atom stereocenters. The van der Waals surface area contributed by atoms with E-state index in [9.17, 15) is 0 Å². The number of nitrogens with zero attached hydrogens (tertiary/aromatic N) is 1. The standard InChI is InChI=1S/C53H35NS/c1-3-16-39(17-4-1)53(40-18-5-2-6-19-40)49-24-11-9-20-45(49)46-33-32-43(35-50(46)53)54(42-31-26-36-14-7-8-15-38(36)34-42)41-29-27-37(28-30-41)44-22-13-23-48-47-21-10-12-25-51(47)55-52(44)48/h1-35H. The average Bonchev–Trinajstić information content (AvgIpc) is 3.79. The van der Waals surface area contributed by atoms with Crippen molar-refractivity contribution in [1.29, 1.82) is 0 Å². The molecule has 11 rings (SSSR count). The molecular formula is C53H35NS. The molecule has 1 heterocycles. The van der Waals surface area contributed by atoms with Crippen LogP contribution in [0.2, 0.25) is 0 Å². The van der Waals surface area contributed by atoms with Crippen LogP contribution in [0.5, 0.6) is 0 Å². The van der Waals surface area contributed by atoms with Crippen molar-refractivity contribution < 1.29 is 0 Å². The third kappa shape index (κ3) is 4.92. The van der Waals surface area contributed by atoms with Crippen molar-refractivity contribution >= 4 is 59.3 Å². The van der Waals surface area contributed by atoms with Crippen LogP contribution in [0.3, 0.4) is 0 Å². The van der Waals surface area contributed by atoms with Crippen molar-refractivity contribution in [2.75, 3.05) is 4.90 Å². The Balaban J connectivity index is 1.12. The molecule has 1 aromatic heterocycles. The molecule has 55 heavy (non-hydrogen) atoms. The molecule has 0 bridgehead atoms. The van der Waals surface area contributed by atoms with Crippen molar-refractivity contribution in [3.8, 4) is 22.3 Å². The summed E-state index contributed by atoms with van der Waals surface area (Å²) in [5, 5.41) is 5.09. The van der Waals surface area contributed by atoms with Crippen LogP contribution in [0.15, 0.2) is 212 Å². The Bertz CT molecular complexity index is 2990. The number of rotatable bonds is 6. The molecule has 0 spiro atoms. The predicted molar refractivity (Wildman–Crippen MR) is 234 cm³/mol. The summed E-state index contributed by atoms with van der Waals surface area (Å²) < 4.78 is 2.66. The van der Waals surface area contributed by atoms with Gasteiger partial charge in [0.05, 0.1) is 5.41 Å². The lowest BCUT2D eigenvalue weighted by Crippen LogP contribution is -2.28. The molecule has 258 valence electrons. The lowest BCUT2D eigenvalue weighted by Gasteiger charge is -2.35. The maximum atomic E-state index is 2.45. The quantitative estimate of drug-likeness (QED) is 0.166. The predicted octanol–water partition coefficient (Wildman–Crippen LogP) is 14.7. The fraction of sp³-hybridized carbons (Fsp3) is 0.0189. The van der Waals surface area contributed by atoms with E-state index in [0.29, 0.717) is 0 Å². The Labute approximate surface area is 325 Å². The van der Waals surface area contributed by atoms with Crippen LogP contribution < -0.4 is 4.90 Å². The van der Waals surface area contributed by atoms with E-state index >= 15 is 0 Å². The smallest absolute Gasteiger partial charge is 0.0714 e. The Kier molecular flexibility index (Phi) is 7.33. The number of hydrogen-bond donors (Lipinski definition) is 0. The van der Waals surface area contributed by atoms with Gasteiger partial charge in [0.25, 0.3) is 0 Å². The van der Waals surface area contributed by atoms with E-state index < -0.39 is 5.41 Å². The van der Waals surface area contributed by atoms with Gasteiger partial charge in [-0.25, -0.2) is 0 Å². The Morgan fingerprint density at radius 3 is 1.75 bits per heavy atom. The first-order valence-electron chi connectivity index (χ1n) is 18.9. The minimum atomic E-state index is -0.480. The maximum Gasteiger partial charge on any atom is 0.0714 e. The Morgan fingerprint density at radius 2 is 0.945 bits per heavy atom. The zero-order valence-corrected chi connectivity index (χ0v) is 30.9. The van der Waals surface area contributed by atoms with Crippen LogP contribution in [0, 0.1) is 0 Å². The molecule has 0 atom stereocenters. The highest BCUT2D eigenvalue weighted by atomic mass is 32.1. The lowest BCUT2D eigenvalue weighted by molar-refractivity contribution is 0.768. The number of hydrogen-bond acceptors (Lipinski definition) is 2. The fourth-order valence-corrected chi connectivity index (χ4v) is 10.3. The molecule has 0 fully saturated rings. The second-order valence-corrected chi connectivity index (χ2v) is 15.5. The van der Waals surface area contributed by atoms with E-state index in [2.05, 4.69) is 217 Å². The molecule has 2 heteroatoms. The topological polar surface area (TPSA) is 3.24 Å². The molecule has 1 nitrogen and oxygen atoms in total. The molecule has 0 aliphatic heterocycles. The summed E-state index contributed by atoms with van der Waals surface area (Å²) in [6, 6.07) is 78.3. The van der Waals surface area contributed by atoms with E-state index in [1.54, 1.807) is 0 Å². The van der Waals surface area contributed by atoms with Gasteiger partial charge in [0.1, 0.15) is 0 Å². The highest BCUT2D eigenvalue weighted by Gasteiger charge is 2.46. The summed E-state index contributed by atoms with van der Waals surface area (Å²) in [6.45, 7) is 0. The van der Waals surface area contributed by atoms with E-state index in [1.807, 2.05) is 11.3 Å². The maximum absolute atomic E-state index is 2.45. The van der Waals surface area contributed by atoms with Crippen molar-refractivity contribution in [2.24, 2.45) is 0 Å². The molecule has 0 amide bonds. The van der Waals surface area contributed by atoms with Crippen LogP contribution in [0.25, 0.3) is 53.2 Å². The van der Waals surface area contributed by atoms with E-state index in [-0.39, 0.29) is 0 Å². The number of anilines is 3. The summed E-state index contributed by atoms with van der Waals surface area (Å²) in [5.74, 6) is 0. The van der Waals surface area contributed by atoms with Gasteiger partial charge in [-0.3, -0.25) is 0 Å². The number of fused-ring (bicyclic) bond motifs is 7. The highest BCUT2D eigenvalue weighted by molar-refractivity contribution is 7.26. The molecular weight excluding hydrogens is 683 g/mol. The van der Waals surface area contributed by atoms with Crippen molar-refractivity contribution in [2.45, 2.75) is 5.41 Å². The summed E-state index contributed by atoms with van der Waals surface area (Å²) in [7, 11) is 0. The third-order valence-electron chi connectivity index (χ3n) is 11.5. The molecule has 0 radical (unpaired) electrons. The molecule has 1 aliphatic rings. The second-order valence-electron chi connectivity index (χ2n) is 14.5. The first-order valence-corrected chi connectivity index (χ1v) is 19.7. The highest BCUT2D eigenvalue weighted by Crippen LogP contribution is 2.57. The normalized spacial score (nSPS) is 12.9. The van der Waals surface area contributed by atoms with Gasteiger partial charge in [0, 0.05) is 37.2 Å². The molecule has 1 aliphatic carbocycles. The van der Waals surface area contributed by atoms with Gasteiger partial charge in [-0.15, -0.1) is 11.3 Å². The van der Waals surface area contributed by atoms with Gasteiger partial charge >= 0.3 is 0 Å². The van der Waals surface area contributed by atoms with Gasteiger partial charge in [-0.1, -0.05) is 170 Å². The number of thiophene rings is 1. The molecule has 0 saturated carbocycles. The van der Waals surface area contributed by atoms with Crippen molar-refractivity contribution in [1.82, 2.24) is 0 Å². The minimum Gasteiger partial charge on any atom is -0.310 e. The molecule has 9 aromatic carbocycles. The fourth-order valence-electron chi connectivity index (χ4n) is 9.10. The monoisotopic (exact) mass is 717 g/mol. The van der Waals surface area contributed by atoms with E-state index in [0.717, 1.165) is 17.1 Å². The number of benzene rings is 9. The largest absolute Gasteiger partial charge is 0.310 e. The van der Waals surface area contributed by atoms with Crippen LogP contribution in [-0.4, -0.2) is 0 Å². The van der Waals surface area contributed by atoms with Crippen molar-refractivity contribution in [3.63, 3.8) is 0 Å². The Hall–Kier alpha value is -6.74. The first-order chi connectivity index (χ1) is 27.3. The van der Waals surface area contributed by atoms with Crippen LogP contribution in [0.4, 0.5) is 17.1 Å². The zero-order chi connectivity index (χ0) is 36.3. The first kappa shape index (κ1) is 31.8. The summed E-state index contributed by atoms with van der Waals surface area (Å²) in [4.78, 5) is 2.43. The second kappa shape index (κ2) is 12.7. The van der Waals surface area contributed by atoms with E-state index in [4.69, 9.17) is 0 Å². The molecule has 10 aromatic rings. The molecule has 0 saturated heterocycles. The Morgan fingerprint density at radius 1 is 0.364 bits per heavy atom. The van der Waals surface area contributed by atoms with Gasteiger partial charge < -0.3 is 4.90 Å². The van der Waals surface area contributed by atoms with Crippen LogP contribution in [0.1, 0.15) is 22.3 Å². The summed E-state index contributed by atoms with van der Waals surface area (Å²) in [6.07, 6.45) is 0. The average molecular weight is 718 g/mol. The zero-order valence-electron chi connectivity index (χ0n) is 30.1. The van der Waals surface area contributed by atoms with Crippen molar-refractivity contribution in [3.05, 3.63) is 235 Å². The van der Waals surface area contributed by atoms with Gasteiger partial charge in [-0.05, 0) is 97.7 Å². The third-order valence-corrected chi connectivity index (χ3v) is 12.8. The lowest BCUT2D eigenvalue weighted by atomic mass is 9.67. The van der Waals surface area contributed by atoms with Crippen LogP contribution in [-0.2, 0) is 5.41 Å². The summed E-state index contributed by atoms with van der Waals surface area (Å²) in [5.41, 5.74) is 13.1. The van der Waals surface area contributed by atoms with Crippen LogP contribution >= 0.6 is 11.3 Å². The van der Waals surface area contributed by atoms with E-state index in [1.165, 1.54) is 75.5 Å². The SMILES string of the molecule is c1ccc(C2(c3ccccc3)c3ccccc3-c3ccc(N(c4ccc(-c5cccc6c5sc5ccccc56)cc4)c4ccc5ccccc5c4)cc32)cc1. The van der Waals surface area contributed by atoms with Gasteiger partial charge in [0.15, 0.2) is 0 Å². The van der Waals surface area contributed by atoms with Gasteiger partial charge in [-0.2, -0.15) is 0 Å². The minimum absolute atomic E-state index is 0.480. The summed E-state index contributed by atoms with van der Waals surface area (Å²) >= 11 is 1.88.